The third-order valence-corrected chi connectivity index (χ3v) is 3.10. The van der Waals surface area contributed by atoms with E-state index in [-0.39, 0.29) is 30.3 Å². The predicted molar refractivity (Wildman–Crippen MR) is 85.5 cm³/mol. The number of fused-ring (bicyclic) bond motifs is 1. The molecular formula is C16H16N4O4. The van der Waals surface area contributed by atoms with Gasteiger partial charge in [0.2, 0.25) is 5.91 Å². The van der Waals surface area contributed by atoms with E-state index >= 15 is 0 Å². The monoisotopic (exact) mass is 328 g/mol. The SMILES string of the molecule is CC(=O)NCCC(=O)OC/C(O)=C(\C#N)c1nc2ccccc2[nH]1. The summed E-state index contributed by atoms with van der Waals surface area (Å²) in [6, 6.07) is 9.03. The number of imidazole rings is 1. The number of nitrogens with one attached hydrogen (secondary N) is 2. The molecule has 124 valence electrons. The fourth-order valence-electron chi connectivity index (χ4n) is 1.96. The average Bonchev–Trinajstić information content (AvgIpc) is 2.96. The molecule has 0 aliphatic heterocycles. The lowest BCUT2D eigenvalue weighted by Crippen LogP contribution is -2.24. The number of carbonyl (C=O) groups is 2. The molecule has 0 fully saturated rings. The molecule has 0 saturated carbocycles. The van der Waals surface area contributed by atoms with Crippen LogP contribution in [0.15, 0.2) is 30.0 Å². The lowest BCUT2D eigenvalue weighted by atomic mass is 10.2. The van der Waals surface area contributed by atoms with Crippen LogP contribution in [-0.2, 0) is 14.3 Å². The summed E-state index contributed by atoms with van der Waals surface area (Å²) in [5.41, 5.74) is 1.28. The van der Waals surface area contributed by atoms with Crippen LogP contribution >= 0.6 is 0 Å². The van der Waals surface area contributed by atoms with Gasteiger partial charge in [-0.3, -0.25) is 9.59 Å². The molecule has 8 heteroatoms. The van der Waals surface area contributed by atoms with Gasteiger partial charge in [0.15, 0.2) is 11.6 Å². The van der Waals surface area contributed by atoms with Crippen LogP contribution in [0.5, 0.6) is 0 Å². The van der Waals surface area contributed by atoms with Crippen LogP contribution in [0, 0.1) is 11.3 Å². The molecule has 0 aliphatic rings. The first-order valence-corrected chi connectivity index (χ1v) is 7.18. The fraction of sp³-hybridized carbons (Fsp3) is 0.250. The number of esters is 1. The Labute approximate surface area is 137 Å². The third kappa shape index (κ3) is 4.33. The zero-order valence-corrected chi connectivity index (χ0v) is 13.0. The van der Waals surface area contributed by atoms with E-state index in [4.69, 9.17) is 4.74 Å². The van der Waals surface area contributed by atoms with Gasteiger partial charge >= 0.3 is 5.97 Å². The van der Waals surface area contributed by atoms with Gasteiger partial charge in [-0.25, -0.2) is 4.98 Å². The molecule has 1 amide bonds. The number of para-hydroxylation sites is 2. The van der Waals surface area contributed by atoms with Crippen LogP contribution < -0.4 is 5.32 Å². The van der Waals surface area contributed by atoms with Crippen LogP contribution in [0.3, 0.4) is 0 Å². The molecule has 1 heterocycles. The Hall–Kier alpha value is -3.34. The Morgan fingerprint density at radius 1 is 1.42 bits per heavy atom. The van der Waals surface area contributed by atoms with Gasteiger partial charge in [0, 0.05) is 13.5 Å². The number of aliphatic hydroxyl groups excluding tert-OH is 1. The van der Waals surface area contributed by atoms with E-state index in [0.717, 1.165) is 5.52 Å². The number of allylic oxidation sites excluding steroid dienone is 1. The summed E-state index contributed by atoms with van der Waals surface area (Å²) in [5.74, 6) is -1.05. The zero-order valence-electron chi connectivity index (χ0n) is 13.0. The lowest BCUT2D eigenvalue weighted by Gasteiger charge is -2.06. The Bertz CT molecular complexity index is 799. The molecule has 2 aromatic rings. The smallest absolute Gasteiger partial charge is 0.308 e. The Kier molecular flexibility index (Phi) is 5.52. The van der Waals surface area contributed by atoms with Gasteiger partial charge in [0.1, 0.15) is 18.2 Å². The summed E-state index contributed by atoms with van der Waals surface area (Å²) < 4.78 is 4.87. The second-order valence-electron chi connectivity index (χ2n) is 4.93. The van der Waals surface area contributed by atoms with Crippen molar-refractivity contribution < 1.29 is 19.4 Å². The van der Waals surface area contributed by atoms with Crippen molar-refractivity contribution in [3.8, 4) is 6.07 Å². The summed E-state index contributed by atoms with van der Waals surface area (Å²) in [5, 5.41) is 21.7. The van der Waals surface area contributed by atoms with E-state index < -0.39 is 18.3 Å². The fourth-order valence-corrected chi connectivity index (χ4v) is 1.96. The molecule has 0 unspecified atom stereocenters. The van der Waals surface area contributed by atoms with E-state index in [0.29, 0.717) is 5.52 Å². The van der Waals surface area contributed by atoms with Crippen LogP contribution in [-0.4, -0.2) is 40.1 Å². The number of aliphatic hydroxyl groups is 1. The maximum Gasteiger partial charge on any atom is 0.308 e. The van der Waals surface area contributed by atoms with Crippen molar-refractivity contribution in [2.75, 3.05) is 13.2 Å². The van der Waals surface area contributed by atoms with Crippen molar-refractivity contribution >= 4 is 28.5 Å². The molecule has 0 saturated heterocycles. The van der Waals surface area contributed by atoms with Gasteiger partial charge in [-0.15, -0.1) is 0 Å². The Morgan fingerprint density at radius 2 is 2.17 bits per heavy atom. The predicted octanol–water partition coefficient (Wildman–Crippen LogP) is 1.42. The van der Waals surface area contributed by atoms with Crippen molar-refractivity contribution in [1.29, 1.82) is 5.26 Å². The molecule has 0 atom stereocenters. The molecular weight excluding hydrogens is 312 g/mol. The van der Waals surface area contributed by atoms with Crippen molar-refractivity contribution in [2.24, 2.45) is 0 Å². The number of aromatic amines is 1. The van der Waals surface area contributed by atoms with Gasteiger partial charge in [-0.2, -0.15) is 5.26 Å². The highest BCUT2D eigenvalue weighted by Crippen LogP contribution is 2.18. The topological polar surface area (TPSA) is 128 Å². The van der Waals surface area contributed by atoms with Gasteiger partial charge in [-0.1, -0.05) is 12.1 Å². The average molecular weight is 328 g/mol. The molecule has 0 aliphatic carbocycles. The van der Waals surface area contributed by atoms with E-state index in [2.05, 4.69) is 15.3 Å². The number of hydrogen-bond acceptors (Lipinski definition) is 6. The van der Waals surface area contributed by atoms with Gasteiger partial charge in [-0.05, 0) is 12.1 Å². The van der Waals surface area contributed by atoms with E-state index in [1.807, 2.05) is 12.1 Å². The van der Waals surface area contributed by atoms with Crippen molar-refractivity contribution in [1.82, 2.24) is 15.3 Å². The summed E-state index contributed by atoms with van der Waals surface area (Å²) >= 11 is 0. The lowest BCUT2D eigenvalue weighted by molar-refractivity contribution is -0.143. The number of carbonyl (C=O) groups excluding carboxylic acids is 2. The molecule has 2 rings (SSSR count). The largest absolute Gasteiger partial charge is 0.507 e. The first kappa shape index (κ1) is 17.0. The minimum absolute atomic E-state index is 0.0284. The number of ether oxygens (including phenoxy) is 1. The number of nitrogens with zero attached hydrogens (tertiary/aromatic N) is 2. The number of aromatic nitrogens is 2. The number of benzene rings is 1. The number of hydrogen-bond donors (Lipinski definition) is 3. The van der Waals surface area contributed by atoms with Gasteiger partial charge < -0.3 is 20.1 Å². The maximum atomic E-state index is 11.5. The Balaban J connectivity index is 2.03. The second kappa shape index (κ2) is 7.78. The molecule has 1 aromatic heterocycles. The third-order valence-electron chi connectivity index (χ3n) is 3.10. The van der Waals surface area contributed by atoms with Crippen molar-refractivity contribution in [2.45, 2.75) is 13.3 Å². The molecule has 8 nitrogen and oxygen atoms in total. The molecule has 3 N–H and O–H groups in total. The molecule has 0 spiro atoms. The van der Waals surface area contributed by atoms with Crippen molar-refractivity contribution in [3.63, 3.8) is 0 Å². The number of nitriles is 1. The number of rotatable bonds is 6. The summed E-state index contributed by atoms with van der Waals surface area (Å²) in [4.78, 5) is 29.3. The maximum absolute atomic E-state index is 11.5. The van der Waals surface area contributed by atoms with Gasteiger partial charge in [0.05, 0.1) is 17.5 Å². The minimum Gasteiger partial charge on any atom is -0.507 e. The molecule has 24 heavy (non-hydrogen) atoms. The van der Waals surface area contributed by atoms with Crippen LogP contribution in [0.4, 0.5) is 0 Å². The summed E-state index contributed by atoms with van der Waals surface area (Å²) in [6.07, 6.45) is -0.0284. The highest BCUT2D eigenvalue weighted by molar-refractivity contribution is 5.83. The Morgan fingerprint density at radius 3 is 2.83 bits per heavy atom. The van der Waals surface area contributed by atoms with Crippen LogP contribution in [0.1, 0.15) is 19.2 Å². The molecule has 0 radical (unpaired) electrons. The normalized spacial score (nSPS) is 11.5. The highest BCUT2D eigenvalue weighted by Gasteiger charge is 2.14. The number of amides is 1. The van der Waals surface area contributed by atoms with E-state index in [1.54, 1.807) is 18.2 Å². The second-order valence-corrected chi connectivity index (χ2v) is 4.93. The first-order valence-electron chi connectivity index (χ1n) is 7.18. The molecule has 0 bridgehead atoms. The van der Waals surface area contributed by atoms with Crippen molar-refractivity contribution in [3.05, 3.63) is 35.8 Å². The highest BCUT2D eigenvalue weighted by atomic mass is 16.5. The zero-order chi connectivity index (χ0) is 17.5. The van der Waals surface area contributed by atoms with E-state index in [9.17, 15) is 20.0 Å². The summed E-state index contributed by atoms with van der Waals surface area (Å²) in [7, 11) is 0. The van der Waals surface area contributed by atoms with E-state index in [1.165, 1.54) is 6.92 Å². The summed E-state index contributed by atoms with van der Waals surface area (Å²) in [6.45, 7) is 1.04. The quantitative estimate of drug-likeness (QED) is 0.418. The van der Waals surface area contributed by atoms with Crippen LogP contribution in [0.25, 0.3) is 16.6 Å². The first-order chi connectivity index (χ1) is 11.5. The van der Waals surface area contributed by atoms with Crippen LogP contribution in [0.2, 0.25) is 0 Å². The number of H-pyrrole nitrogens is 1. The molecule has 1 aromatic carbocycles. The minimum atomic E-state index is -0.600. The standard InChI is InChI=1S/C16H16N4O4/c1-10(21)18-7-6-15(23)24-9-14(22)11(8-17)16-19-12-4-2-3-5-13(12)20-16/h2-5,22H,6-7,9H2,1H3,(H,18,21)(H,19,20)/b14-11-. The van der Waals surface area contributed by atoms with Gasteiger partial charge in [0.25, 0.3) is 0 Å².